The Morgan fingerprint density at radius 2 is 1.91 bits per heavy atom. The van der Waals surface area contributed by atoms with E-state index in [2.05, 4.69) is 20.4 Å². The van der Waals surface area contributed by atoms with E-state index in [4.69, 9.17) is 9.26 Å². The lowest BCUT2D eigenvalue weighted by molar-refractivity contribution is -0.126. The lowest BCUT2D eigenvalue weighted by Gasteiger charge is -2.30. The Kier molecular flexibility index (Phi) is 7.17. The Morgan fingerprint density at radius 3 is 2.69 bits per heavy atom. The predicted octanol–water partition coefficient (Wildman–Crippen LogP) is 3.97. The second-order valence-electron chi connectivity index (χ2n) is 8.14. The molecule has 1 N–H and O–H groups in total. The SMILES string of the molecule is CCOc1ccccc1CNC(=O)C1CCN(Cc2nc(-c3ccccc3C)no2)CC1. The molecule has 1 saturated heterocycles. The summed E-state index contributed by atoms with van der Waals surface area (Å²) in [6.45, 7) is 7.35. The van der Waals surface area contributed by atoms with E-state index in [1.807, 2.05) is 62.4 Å². The van der Waals surface area contributed by atoms with Crippen molar-refractivity contribution in [2.45, 2.75) is 39.8 Å². The number of piperidine rings is 1. The van der Waals surface area contributed by atoms with Crippen molar-refractivity contribution >= 4 is 5.91 Å². The summed E-state index contributed by atoms with van der Waals surface area (Å²) >= 11 is 0. The van der Waals surface area contributed by atoms with Gasteiger partial charge >= 0.3 is 0 Å². The molecule has 168 valence electrons. The van der Waals surface area contributed by atoms with Crippen LogP contribution >= 0.6 is 0 Å². The molecule has 0 saturated carbocycles. The van der Waals surface area contributed by atoms with Gasteiger partial charge in [-0.1, -0.05) is 47.6 Å². The Balaban J connectivity index is 1.26. The average Bonchev–Trinajstić information content (AvgIpc) is 3.27. The van der Waals surface area contributed by atoms with E-state index in [1.54, 1.807) is 0 Å². The molecule has 1 aliphatic rings. The third-order valence-electron chi connectivity index (χ3n) is 5.90. The van der Waals surface area contributed by atoms with Crippen LogP contribution in [0.3, 0.4) is 0 Å². The topological polar surface area (TPSA) is 80.5 Å². The van der Waals surface area contributed by atoms with Crippen LogP contribution in [0.25, 0.3) is 11.4 Å². The summed E-state index contributed by atoms with van der Waals surface area (Å²) in [7, 11) is 0. The number of aromatic nitrogens is 2. The average molecular weight is 435 g/mol. The van der Waals surface area contributed by atoms with E-state index in [0.717, 1.165) is 48.4 Å². The minimum Gasteiger partial charge on any atom is -0.494 e. The molecule has 0 radical (unpaired) electrons. The Labute approximate surface area is 188 Å². The predicted molar refractivity (Wildman–Crippen MR) is 122 cm³/mol. The smallest absolute Gasteiger partial charge is 0.241 e. The van der Waals surface area contributed by atoms with Crippen LogP contribution < -0.4 is 10.1 Å². The highest BCUT2D eigenvalue weighted by atomic mass is 16.5. The van der Waals surface area contributed by atoms with Crippen molar-refractivity contribution < 1.29 is 14.1 Å². The lowest BCUT2D eigenvalue weighted by Crippen LogP contribution is -2.40. The van der Waals surface area contributed by atoms with Crippen molar-refractivity contribution in [1.82, 2.24) is 20.4 Å². The molecule has 0 atom stereocenters. The molecule has 1 aromatic heterocycles. The molecule has 2 aromatic carbocycles. The number of nitrogens with zero attached hydrogens (tertiary/aromatic N) is 3. The number of likely N-dealkylation sites (tertiary alicyclic amines) is 1. The Hall–Kier alpha value is -3.19. The van der Waals surface area contributed by atoms with Crippen LogP contribution in [0, 0.1) is 12.8 Å². The van der Waals surface area contributed by atoms with Crippen LogP contribution in [0.15, 0.2) is 53.1 Å². The number of hydrogen-bond acceptors (Lipinski definition) is 6. The highest BCUT2D eigenvalue weighted by molar-refractivity contribution is 5.78. The summed E-state index contributed by atoms with van der Waals surface area (Å²) in [6.07, 6.45) is 1.63. The van der Waals surface area contributed by atoms with Crippen molar-refractivity contribution in [3.63, 3.8) is 0 Å². The number of nitrogens with one attached hydrogen (secondary N) is 1. The van der Waals surface area contributed by atoms with Gasteiger partial charge in [0.15, 0.2) is 0 Å². The number of benzene rings is 2. The first kappa shape index (κ1) is 22.0. The third-order valence-corrected chi connectivity index (χ3v) is 5.90. The highest BCUT2D eigenvalue weighted by Gasteiger charge is 2.26. The van der Waals surface area contributed by atoms with E-state index in [1.165, 1.54) is 0 Å². The molecule has 2 heterocycles. The summed E-state index contributed by atoms with van der Waals surface area (Å²) in [6, 6.07) is 15.8. The molecule has 0 aliphatic carbocycles. The maximum atomic E-state index is 12.7. The standard InChI is InChI=1S/C25H30N4O3/c1-3-31-22-11-7-5-9-20(22)16-26-25(30)19-12-14-29(15-13-19)17-23-27-24(28-32-23)21-10-6-4-8-18(21)2/h4-11,19H,3,12-17H2,1-2H3,(H,26,30). The first-order valence-corrected chi connectivity index (χ1v) is 11.2. The minimum absolute atomic E-state index is 0.0238. The Bertz CT molecular complexity index is 1040. The summed E-state index contributed by atoms with van der Waals surface area (Å²) < 4.78 is 11.1. The molecule has 0 unspecified atom stereocenters. The molecule has 7 heteroatoms. The third kappa shape index (κ3) is 5.34. The molecule has 4 rings (SSSR count). The quantitative estimate of drug-likeness (QED) is 0.578. The van der Waals surface area contributed by atoms with Crippen LogP contribution in [0.4, 0.5) is 0 Å². The summed E-state index contributed by atoms with van der Waals surface area (Å²) in [5, 5.41) is 7.22. The van der Waals surface area contributed by atoms with Gasteiger partial charge in [-0.2, -0.15) is 4.98 Å². The Morgan fingerprint density at radius 1 is 1.16 bits per heavy atom. The number of rotatable bonds is 8. The highest BCUT2D eigenvalue weighted by Crippen LogP contribution is 2.23. The number of aryl methyl sites for hydroxylation is 1. The van der Waals surface area contributed by atoms with Crippen molar-refractivity contribution in [2.75, 3.05) is 19.7 Å². The summed E-state index contributed by atoms with van der Waals surface area (Å²) in [5.74, 6) is 2.19. The molecule has 0 bridgehead atoms. The maximum Gasteiger partial charge on any atom is 0.241 e. The molecular weight excluding hydrogens is 404 g/mol. The molecule has 7 nitrogen and oxygen atoms in total. The van der Waals surface area contributed by atoms with E-state index in [-0.39, 0.29) is 11.8 Å². The van der Waals surface area contributed by atoms with Gasteiger partial charge in [0, 0.05) is 23.6 Å². The van der Waals surface area contributed by atoms with Gasteiger partial charge < -0.3 is 14.6 Å². The van der Waals surface area contributed by atoms with E-state index in [9.17, 15) is 4.79 Å². The molecule has 3 aromatic rings. The largest absolute Gasteiger partial charge is 0.494 e. The molecule has 0 spiro atoms. The van der Waals surface area contributed by atoms with Gasteiger partial charge in [0.25, 0.3) is 0 Å². The normalized spacial score (nSPS) is 14.9. The van der Waals surface area contributed by atoms with E-state index >= 15 is 0 Å². The molecule has 32 heavy (non-hydrogen) atoms. The van der Waals surface area contributed by atoms with Crippen molar-refractivity contribution in [3.8, 4) is 17.1 Å². The number of hydrogen-bond donors (Lipinski definition) is 1. The zero-order chi connectivity index (χ0) is 22.3. The first-order chi connectivity index (χ1) is 15.6. The zero-order valence-corrected chi connectivity index (χ0v) is 18.7. The molecule has 1 fully saturated rings. The van der Waals surface area contributed by atoms with E-state index in [0.29, 0.717) is 31.4 Å². The molecule has 1 amide bonds. The second kappa shape index (κ2) is 10.4. The van der Waals surface area contributed by atoms with Crippen LogP contribution in [0.1, 0.15) is 36.8 Å². The van der Waals surface area contributed by atoms with Gasteiger partial charge in [0.2, 0.25) is 17.6 Å². The fourth-order valence-corrected chi connectivity index (χ4v) is 4.07. The van der Waals surface area contributed by atoms with Gasteiger partial charge in [0.1, 0.15) is 5.75 Å². The van der Waals surface area contributed by atoms with Gasteiger partial charge in [-0.3, -0.25) is 9.69 Å². The van der Waals surface area contributed by atoms with Gasteiger partial charge in [-0.15, -0.1) is 0 Å². The summed E-state index contributed by atoms with van der Waals surface area (Å²) in [4.78, 5) is 19.5. The zero-order valence-electron chi connectivity index (χ0n) is 18.7. The van der Waals surface area contributed by atoms with Crippen LogP contribution in [-0.4, -0.2) is 40.6 Å². The van der Waals surface area contributed by atoms with E-state index < -0.39 is 0 Å². The number of para-hydroxylation sites is 1. The number of amides is 1. The number of carbonyl (C=O) groups excluding carboxylic acids is 1. The van der Waals surface area contributed by atoms with Crippen molar-refractivity contribution in [1.29, 1.82) is 0 Å². The fourth-order valence-electron chi connectivity index (χ4n) is 4.07. The van der Waals surface area contributed by atoms with Gasteiger partial charge in [0.05, 0.1) is 13.2 Å². The van der Waals surface area contributed by atoms with Crippen molar-refractivity contribution in [3.05, 3.63) is 65.5 Å². The minimum atomic E-state index is 0.0238. The fraction of sp³-hybridized carbons (Fsp3) is 0.400. The van der Waals surface area contributed by atoms with Gasteiger partial charge in [-0.05, 0) is 51.4 Å². The second-order valence-corrected chi connectivity index (χ2v) is 8.14. The summed E-state index contributed by atoms with van der Waals surface area (Å²) in [5.41, 5.74) is 3.11. The first-order valence-electron chi connectivity index (χ1n) is 11.2. The van der Waals surface area contributed by atoms with Crippen LogP contribution in [-0.2, 0) is 17.9 Å². The lowest BCUT2D eigenvalue weighted by atomic mass is 9.96. The van der Waals surface area contributed by atoms with Crippen LogP contribution in [0.5, 0.6) is 5.75 Å². The van der Waals surface area contributed by atoms with Gasteiger partial charge in [-0.25, -0.2) is 0 Å². The maximum absolute atomic E-state index is 12.7. The van der Waals surface area contributed by atoms with Crippen molar-refractivity contribution in [2.24, 2.45) is 5.92 Å². The number of ether oxygens (including phenoxy) is 1. The molecular formula is C25H30N4O3. The van der Waals surface area contributed by atoms with Crippen LogP contribution in [0.2, 0.25) is 0 Å². The number of carbonyl (C=O) groups is 1. The monoisotopic (exact) mass is 434 g/mol. The molecule has 1 aliphatic heterocycles.